The lowest BCUT2D eigenvalue weighted by atomic mass is 10.2. The molecule has 0 spiro atoms. The van der Waals surface area contributed by atoms with Crippen molar-refractivity contribution in [2.75, 3.05) is 32.8 Å². The lowest BCUT2D eigenvalue weighted by molar-refractivity contribution is -0.135. The predicted molar refractivity (Wildman–Crippen MR) is 100 cm³/mol. The van der Waals surface area contributed by atoms with E-state index < -0.39 is 0 Å². The summed E-state index contributed by atoms with van der Waals surface area (Å²) in [5.41, 5.74) is 1.12. The van der Waals surface area contributed by atoms with Gasteiger partial charge in [0.05, 0.1) is 0 Å². The van der Waals surface area contributed by atoms with Crippen LogP contribution in [0.1, 0.15) is 5.56 Å². The second-order valence-corrected chi connectivity index (χ2v) is 6.83. The molecule has 4 nitrogen and oxygen atoms in total. The van der Waals surface area contributed by atoms with Crippen LogP contribution in [0.5, 0.6) is 5.75 Å². The Hall–Kier alpha value is -1.75. The van der Waals surface area contributed by atoms with E-state index in [9.17, 15) is 4.79 Å². The summed E-state index contributed by atoms with van der Waals surface area (Å²) in [6.07, 6.45) is 0. The summed E-state index contributed by atoms with van der Waals surface area (Å²) in [7, 11) is 0. The topological polar surface area (TPSA) is 32.8 Å². The molecule has 1 fully saturated rings. The fraction of sp³-hybridized carbons (Fsp3) is 0.316. The Morgan fingerprint density at radius 2 is 1.64 bits per heavy atom. The summed E-state index contributed by atoms with van der Waals surface area (Å²) >= 11 is 12.0. The van der Waals surface area contributed by atoms with Crippen LogP contribution in [0.3, 0.4) is 0 Å². The maximum absolute atomic E-state index is 12.3. The van der Waals surface area contributed by atoms with Crippen LogP contribution in [0.2, 0.25) is 10.0 Å². The van der Waals surface area contributed by atoms with E-state index in [0.717, 1.165) is 30.2 Å². The van der Waals surface area contributed by atoms with Crippen LogP contribution >= 0.6 is 23.2 Å². The number of hydrogen-bond acceptors (Lipinski definition) is 3. The fourth-order valence-electron chi connectivity index (χ4n) is 2.79. The molecule has 1 amide bonds. The second kappa shape index (κ2) is 8.56. The number of benzene rings is 2. The molecule has 2 aromatic rings. The van der Waals surface area contributed by atoms with Crippen LogP contribution in [0.15, 0.2) is 48.5 Å². The molecular weight excluding hydrogens is 359 g/mol. The van der Waals surface area contributed by atoms with Gasteiger partial charge in [0.25, 0.3) is 5.91 Å². The minimum Gasteiger partial charge on any atom is -0.484 e. The first-order chi connectivity index (χ1) is 12.1. The molecule has 0 N–H and O–H groups in total. The van der Waals surface area contributed by atoms with Crippen LogP contribution < -0.4 is 4.74 Å². The Morgan fingerprint density at radius 3 is 2.32 bits per heavy atom. The van der Waals surface area contributed by atoms with Gasteiger partial charge < -0.3 is 9.64 Å². The van der Waals surface area contributed by atoms with E-state index in [1.807, 2.05) is 29.2 Å². The van der Waals surface area contributed by atoms with E-state index in [1.54, 1.807) is 24.3 Å². The van der Waals surface area contributed by atoms with Gasteiger partial charge in [0.15, 0.2) is 6.61 Å². The normalized spacial score (nSPS) is 15.2. The number of carbonyl (C=O) groups is 1. The first kappa shape index (κ1) is 18.1. The predicted octanol–water partition coefficient (Wildman–Crippen LogP) is 3.72. The van der Waals surface area contributed by atoms with Crippen molar-refractivity contribution in [3.05, 3.63) is 64.1 Å². The number of nitrogens with zero attached hydrogens (tertiary/aromatic N) is 2. The zero-order chi connectivity index (χ0) is 17.6. The standard InChI is InChI=1S/C19H20Cl2N2O2/c20-16-5-7-17(8-6-16)25-14-19(24)23-11-9-22(10-12-23)13-15-3-1-2-4-18(15)21/h1-8H,9-14H2. The van der Waals surface area contributed by atoms with Crippen molar-refractivity contribution in [1.82, 2.24) is 9.80 Å². The molecule has 1 saturated heterocycles. The highest BCUT2D eigenvalue weighted by Crippen LogP contribution is 2.18. The molecule has 1 aliphatic heterocycles. The minimum absolute atomic E-state index is 0.00680. The van der Waals surface area contributed by atoms with E-state index in [-0.39, 0.29) is 12.5 Å². The van der Waals surface area contributed by atoms with Gasteiger partial charge >= 0.3 is 0 Å². The molecule has 25 heavy (non-hydrogen) atoms. The summed E-state index contributed by atoms with van der Waals surface area (Å²) in [6, 6.07) is 14.9. The van der Waals surface area contributed by atoms with Crippen molar-refractivity contribution in [3.63, 3.8) is 0 Å². The largest absolute Gasteiger partial charge is 0.484 e. The van der Waals surface area contributed by atoms with Gasteiger partial charge in [-0.2, -0.15) is 0 Å². The van der Waals surface area contributed by atoms with Crippen molar-refractivity contribution >= 4 is 29.1 Å². The van der Waals surface area contributed by atoms with Crippen molar-refractivity contribution in [3.8, 4) is 5.75 Å². The van der Waals surface area contributed by atoms with Crippen LogP contribution in [-0.4, -0.2) is 48.5 Å². The van der Waals surface area contributed by atoms with Gasteiger partial charge in [0.2, 0.25) is 0 Å². The van der Waals surface area contributed by atoms with Gasteiger partial charge in [-0.05, 0) is 35.9 Å². The maximum atomic E-state index is 12.3. The molecule has 0 bridgehead atoms. The Kier molecular flexibility index (Phi) is 6.19. The van der Waals surface area contributed by atoms with Gasteiger partial charge in [0, 0.05) is 42.8 Å². The Bertz CT molecular complexity index is 714. The van der Waals surface area contributed by atoms with E-state index >= 15 is 0 Å². The molecule has 0 aromatic heterocycles. The lowest BCUT2D eigenvalue weighted by Gasteiger charge is -2.34. The fourth-order valence-corrected chi connectivity index (χ4v) is 3.11. The molecule has 132 valence electrons. The van der Waals surface area contributed by atoms with Gasteiger partial charge in [-0.3, -0.25) is 9.69 Å². The van der Waals surface area contributed by atoms with Crippen molar-refractivity contribution in [1.29, 1.82) is 0 Å². The van der Waals surface area contributed by atoms with Crippen molar-refractivity contribution in [2.45, 2.75) is 6.54 Å². The number of hydrogen-bond donors (Lipinski definition) is 0. The Morgan fingerprint density at radius 1 is 0.960 bits per heavy atom. The number of piperazine rings is 1. The third-order valence-corrected chi connectivity index (χ3v) is 4.87. The molecule has 0 saturated carbocycles. The van der Waals surface area contributed by atoms with Gasteiger partial charge in [-0.25, -0.2) is 0 Å². The maximum Gasteiger partial charge on any atom is 0.260 e. The van der Waals surface area contributed by atoms with Crippen LogP contribution in [0.4, 0.5) is 0 Å². The summed E-state index contributed by atoms with van der Waals surface area (Å²) in [5.74, 6) is 0.655. The molecule has 0 atom stereocenters. The number of rotatable bonds is 5. The van der Waals surface area contributed by atoms with Crippen molar-refractivity contribution in [2.24, 2.45) is 0 Å². The average Bonchev–Trinajstić information content (AvgIpc) is 2.63. The molecule has 1 heterocycles. The number of halogens is 2. The number of ether oxygens (including phenoxy) is 1. The SMILES string of the molecule is O=C(COc1ccc(Cl)cc1)N1CCN(Cc2ccccc2Cl)CC1. The highest BCUT2D eigenvalue weighted by Gasteiger charge is 2.21. The van der Waals surface area contributed by atoms with Crippen molar-refractivity contribution < 1.29 is 9.53 Å². The van der Waals surface area contributed by atoms with E-state index in [2.05, 4.69) is 4.90 Å². The summed E-state index contributed by atoms with van der Waals surface area (Å²) in [6.45, 7) is 3.92. The molecule has 0 radical (unpaired) electrons. The zero-order valence-corrected chi connectivity index (χ0v) is 15.3. The van der Waals surface area contributed by atoms with Crippen LogP contribution in [0.25, 0.3) is 0 Å². The first-order valence-corrected chi connectivity index (χ1v) is 8.99. The third kappa shape index (κ3) is 5.11. The Balaban J connectivity index is 1.44. The number of amides is 1. The molecule has 3 rings (SSSR count). The van der Waals surface area contributed by atoms with E-state index in [0.29, 0.717) is 23.9 Å². The number of carbonyl (C=O) groups excluding carboxylic acids is 1. The molecule has 1 aliphatic rings. The quantitative estimate of drug-likeness (QED) is 0.794. The lowest BCUT2D eigenvalue weighted by Crippen LogP contribution is -2.49. The summed E-state index contributed by atoms with van der Waals surface area (Å²) in [5, 5.41) is 1.44. The summed E-state index contributed by atoms with van der Waals surface area (Å²) in [4.78, 5) is 16.4. The van der Waals surface area contributed by atoms with E-state index in [1.165, 1.54) is 0 Å². The Labute approximate surface area is 157 Å². The minimum atomic E-state index is 0.00680. The monoisotopic (exact) mass is 378 g/mol. The molecule has 0 unspecified atom stereocenters. The zero-order valence-electron chi connectivity index (χ0n) is 13.8. The average molecular weight is 379 g/mol. The van der Waals surface area contributed by atoms with Crippen LogP contribution in [-0.2, 0) is 11.3 Å². The smallest absolute Gasteiger partial charge is 0.260 e. The van der Waals surface area contributed by atoms with Gasteiger partial charge in [-0.1, -0.05) is 41.4 Å². The summed E-state index contributed by atoms with van der Waals surface area (Å²) < 4.78 is 5.53. The molecule has 6 heteroatoms. The molecule has 0 aliphatic carbocycles. The highest BCUT2D eigenvalue weighted by molar-refractivity contribution is 6.31. The van der Waals surface area contributed by atoms with Gasteiger partial charge in [-0.15, -0.1) is 0 Å². The highest BCUT2D eigenvalue weighted by atomic mass is 35.5. The third-order valence-electron chi connectivity index (χ3n) is 4.25. The van der Waals surface area contributed by atoms with E-state index in [4.69, 9.17) is 27.9 Å². The first-order valence-electron chi connectivity index (χ1n) is 8.24. The van der Waals surface area contributed by atoms with Crippen LogP contribution in [0, 0.1) is 0 Å². The molecule has 2 aromatic carbocycles. The van der Waals surface area contributed by atoms with Gasteiger partial charge in [0.1, 0.15) is 5.75 Å². The second-order valence-electron chi connectivity index (χ2n) is 5.99. The molecular formula is C19H20Cl2N2O2.